The Hall–Kier alpha value is -1.03. The van der Waals surface area contributed by atoms with E-state index in [9.17, 15) is 0 Å². The van der Waals surface area contributed by atoms with Crippen LogP contribution in [0.4, 0.5) is 5.69 Å². The highest BCUT2D eigenvalue weighted by atomic mass is 79.9. The van der Waals surface area contributed by atoms with Crippen molar-refractivity contribution in [3.05, 3.63) is 22.5 Å². The molecule has 1 fully saturated rings. The molecule has 0 aliphatic heterocycles. The van der Waals surface area contributed by atoms with Crippen LogP contribution in [0.5, 0.6) is 0 Å². The summed E-state index contributed by atoms with van der Waals surface area (Å²) < 4.78 is 6.86. The number of rotatable bonds is 1. The Bertz CT molecular complexity index is 603. The van der Waals surface area contributed by atoms with Gasteiger partial charge in [0.1, 0.15) is 5.52 Å². The Morgan fingerprint density at radius 1 is 1.44 bits per heavy atom. The fraction of sp³-hybridized carbons (Fsp3) is 0.500. The van der Waals surface area contributed by atoms with Crippen LogP contribution in [0, 0.1) is 5.41 Å². The summed E-state index contributed by atoms with van der Waals surface area (Å²) in [5.41, 5.74) is 8.46. The van der Waals surface area contributed by atoms with Crippen molar-refractivity contribution in [1.29, 1.82) is 0 Å². The first kappa shape index (κ1) is 12.0. The number of nitrogen functional groups attached to an aromatic ring is 1. The van der Waals surface area contributed by atoms with Crippen molar-refractivity contribution in [2.45, 2.75) is 39.0 Å². The number of nitrogens with two attached hydrogens (primary N) is 1. The van der Waals surface area contributed by atoms with E-state index < -0.39 is 0 Å². The largest absolute Gasteiger partial charge is 0.438 e. The number of hydrogen-bond donors (Lipinski definition) is 1. The average molecular weight is 309 g/mol. The molecule has 2 N–H and O–H groups in total. The monoisotopic (exact) mass is 308 g/mol. The predicted molar refractivity (Wildman–Crippen MR) is 76.5 cm³/mol. The molecule has 0 saturated heterocycles. The lowest BCUT2D eigenvalue weighted by molar-refractivity contribution is 0.291. The van der Waals surface area contributed by atoms with E-state index in [1.54, 1.807) is 0 Å². The minimum absolute atomic E-state index is 0.271. The topological polar surface area (TPSA) is 52.0 Å². The van der Waals surface area contributed by atoms with Gasteiger partial charge in [0.05, 0.1) is 5.69 Å². The van der Waals surface area contributed by atoms with Gasteiger partial charge in [-0.1, -0.05) is 36.2 Å². The molecule has 1 atom stereocenters. The second-order valence-electron chi connectivity index (χ2n) is 5.83. The third-order valence-electron chi connectivity index (χ3n) is 4.06. The summed E-state index contributed by atoms with van der Waals surface area (Å²) >= 11 is 3.44. The van der Waals surface area contributed by atoms with Gasteiger partial charge in [-0.2, -0.15) is 0 Å². The zero-order valence-corrected chi connectivity index (χ0v) is 12.3. The molecular weight excluding hydrogens is 292 g/mol. The van der Waals surface area contributed by atoms with Crippen LogP contribution in [-0.2, 0) is 0 Å². The van der Waals surface area contributed by atoms with Crippen molar-refractivity contribution in [2.75, 3.05) is 5.73 Å². The molecule has 4 heteroatoms. The molecule has 3 rings (SSSR count). The maximum absolute atomic E-state index is 5.97. The van der Waals surface area contributed by atoms with Gasteiger partial charge in [0.2, 0.25) is 0 Å². The van der Waals surface area contributed by atoms with Crippen LogP contribution in [0.15, 0.2) is 21.0 Å². The SMILES string of the molecule is CC1(C)CCCC1c1nc2cc(Br)cc(N)c2o1. The van der Waals surface area contributed by atoms with Crippen molar-refractivity contribution in [3.63, 3.8) is 0 Å². The first-order chi connectivity index (χ1) is 8.47. The number of oxazole rings is 1. The number of hydrogen-bond acceptors (Lipinski definition) is 3. The first-order valence-electron chi connectivity index (χ1n) is 6.33. The maximum atomic E-state index is 5.97. The van der Waals surface area contributed by atoms with E-state index in [0.29, 0.717) is 11.6 Å². The Kier molecular flexibility index (Phi) is 2.66. The number of fused-ring (bicyclic) bond motifs is 1. The van der Waals surface area contributed by atoms with E-state index in [0.717, 1.165) is 27.9 Å². The summed E-state index contributed by atoms with van der Waals surface area (Å²) in [7, 11) is 0. The van der Waals surface area contributed by atoms with Gasteiger partial charge in [-0.3, -0.25) is 0 Å². The fourth-order valence-corrected chi connectivity index (χ4v) is 3.44. The highest BCUT2D eigenvalue weighted by molar-refractivity contribution is 9.10. The molecule has 2 aromatic rings. The minimum atomic E-state index is 0.271. The van der Waals surface area contributed by atoms with Crippen molar-refractivity contribution < 1.29 is 4.42 Å². The number of anilines is 1. The second kappa shape index (κ2) is 3.98. The van der Waals surface area contributed by atoms with Crippen LogP contribution in [-0.4, -0.2) is 4.98 Å². The zero-order valence-electron chi connectivity index (χ0n) is 10.7. The fourth-order valence-electron chi connectivity index (χ4n) is 2.97. The number of aromatic nitrogens is 1. The van der Waals surface area contributed by atoms with Crippen LogP contribution >= 0.6 is 15.9 Å². The van der Waals surface area contributed by atoms with Gasteiger partial charge < -0.3 is 10.2 Å². The summed E-state index contributed by atoms with van der Waals surface area (Å²) in [6, 6.07) is 3.82. The van der Waals surface area contributed by atoms with Gasteiger partial charge in [0.15, 0.2) is 11.5 Å². The van der Waals surface area contributed by atoms with Crippen molar-refractivity contribution in [2.24, 2.45) is 5.41 Å². The standard InChI is InChI=1S/C14H17BrN2O/c1-14(2)5-3-4-9(14)13-17-11-7-8(15)6-10(16)12(11)18-13/h6-7,9H,3-5,16H2,1-2H3. The molecular formula is C14H17BrN2O. The number of nitrogens with zero attached hydrogens (tertiary/aromatic N) is 1. The lowest BCUT2D eigenvalue weighted by atomic mass is 9.82. The average Bonchev–Trinajstić information content (AvgIpc) is 2.80. The molecule has 0 spiro atoms. The summed E-state index contributed by atoms with van der Waals surface area (Å²) in [6.45, 7) is 4.58. The van der Waals surface area contributed by atoms with E-state index in [1.807, 2.05) is 12.1 Å². The minimum Gasteiger partial charge on any atom is -0.438 e. The number of halogens is 1. The number of benzene rings is 1. The maximum Gasteiger partial charge on any atom is 0.199 e. The van der Waals surface area contributed by atoms with Gasteiger partial charge in [0, 0.05) is 10.4 Å². The van der Waals surface area contributed by atoms with Crippen LogP contribution in [0.25, 0.3) is 11.1 Å². The van der Waals surface area contributed by atoms with E-state index >= 15 is 0 Å². The van der Waals surface area contributed by atoms with Gasteiger partial charge in [-0.25, -0.2) is 4.98 Å². The normalized spacial score (nSPS) is 22.7. The predicted octanol–water partition coefficient (Wildman–Crippen LogP) is 4.47. The van der Waals surface area contributed by atoms with Gasteiger partial charge in [0.25, 0.3) is 0 Å². The zero-order chi connectivity index (χ0) is 12.9. The Morgan fingerprint density at radius 3 is 2.89 bits per heavy atom. The summed E-state index contributed by atoms with van der Waals surface area (Å²) in [5.74, 6) is 1.25. The molecule has 1 unspecified atom stereocenters. The van der Waals surface area contributed by atoms with E-state index in [1.165, 1.54) is 12.8 Å². The summed E-state index contributed by atoms with van der Waals surface area (Å²) in [4.78, 5) is 4.64. The van der Waals surface area contributed by atoms with Gasteiger partial charge in [-0.05, 0) is 30.4 Å². The molecule has 0 amide bonds. The van der Waals surface area contributed by atoms with Crippen molar-refractivity contribution in [3.8, 4) is 0 Å². The Labute approximate surface area is 115 Å². The Morgan fingerprint density at radius 2 is 2.22 bits per heavy atom. The third kappa shape index (κ3) is 1.83. The van der Waals surface area contributed by atoms with Crippen LogP contribution in [0.1, 0.15) is 44.9 Å². The first-order valence-corrected chi connectivity index (χ1v) is 7.12. The van der Waals surface area contributed by atoms with Crippen LogP contribution < -0.4 is 5.73 Å². The molecule has 0 bridgehead atoms. The molecule has 96 valence electrons. The Balaban J connectivity index is 2.11. The highest BCUT2D eigenvalue weighted by Gasteiger charge is 2.38. The molecule has 3 nitrogen and oxygen atoms in total. The lowest BCUT2D eigenvalue weighted by Crippen LogP contribution is -2.15. The molecule has 1 heterocycles. The highest BCUT2D eigenvalue weighted by Crippen LogP contribution is 2.49. The molecule has 1 aliphatic rings. The molecule has 1 aliphatic carbocycles. The molecule has 1 saturated carbocycles. The van der Waals surface area contributed by atoms with E-state index in [2.05, 4.69) is 34.8 Å². The molecule has 1 aromatic heterocycles. The lowest BCUT2D eigenvalue weighted by Gasteiger charge is -2.23. The van der Waals surface area contributed by atoms with Gasteiger partial charge >= 0.3 is 0 Å². The molecule has 1 aromatic carbocycles. The van der Waals surface area contributed by atoms with Gasteiger partial charge in [-0.15, -0.1) is 0 Å². The quantitative estimate of drug-likeness (QED) is 0.791. The molecule has 0 radical (unpaired) electrons. The van der Waals surface area contributed by atoms with Crippen LogP contribution in [0.3, 0.4) is 0 Å². The third-order valence-corrected chi connectivity index (χ3v) is 4.51. The summed E-state index contributed by atoms with van der Waals surface area (Å²) in [6.07, 6.45) is 3.63. The van der Waals surface area contributed by atoms with E-state index in [4.69, 9.17) is 10.2 Å². The van der Waals surface area contributed by atoms with Crippen molar-refractivity contribution >= 4 is 32.7 Å². The second-order valence-corrected chi connectivity index (χ2v) is 6.74. The van der Waals surface area contributed by atoms with E-state index in [-0.39, 0.29) is 5.41 Å². The smallest absolute Gasteiger partial charge is 0.199 e. The van der Waals surface area contributed by atoms with Crippen molar-refractivity contribution in [1.82, 2.24) is 4.98 Å². The van der Waals surface area contributed by atoms with Crippen LogP contribution in [0.2, 0.25) is 0 Å². The summed E-state index contributed by atoms with van der Waals surface area (Å²) in [5, 5.41) is 0. The molecule has 18 heavy (non-hydrogen) atoms.